The first-order valence-corrected chi connectivity index (χ1v) is 9.90. The van der Waals surface area contributed by atoms with E-state index in [2.05, 4.69) is 30.4 Å². The molecule has 0 spiro atoms. The fourth-order valence-corrected chi connectivity index (χ4v) is 3.75. The predicted molar refractivity (Wildman–Crippen MR) is 113 cm³/mol. The monoisotopic (exact) mass is 419 g/mol. The first-order chi connectivity index (χ1) is 14.9. The van der Waals surface area contributed by atoms with Crippen LogP contribution in [-0.4, -0.2) is 71.6 Å². The summed E-state index contributed by atoms with van der Waals surface area (Å²) in [5.41, 5.74) is 9.55. The summed E-state index contributed by atoms with van der Waals surface area (Å²) in [6, 6.07) is 3.09. The molecule has 0 aromatic carbocycles. The van der Waals surface area contributed by atoms with Gasteiger partial charge in [-0.25, -0.2) is 9.97 Å². The SMILES string of the molecule is C[C@@H](NC(=O)c1c[nH]c2ncc(-c3nn(C)c4cccnc34)nc12)C(=O)N1CC(N)C1. The van der Waals surface area contributed by atoms with E-state index in [9.17, 15) is 9.59 Å². The molecule has 11 nitrogen and oxygen atoms in total. The highest BCUT2D eigenvalue weighted by atomic mass is 16.2. The fraction of sp³-hybridized carbons (Fsp3) is 0.300. The minimum atomic E-state index is -0.676. The van der Waals surface area contributed by atoms with Crippen LogP contribution in [0, 0.1) is 0 Å². The third kappa shape index (κ3) is 3.19. The molecule has 4 N–H and O–H groups in total. The second-order valence-electron chi connectivity index (χ2n) is 7.70. The summed E-state index contributed by atoms with van der Waals surface area (Å²) >= 11 is 0. The standard InChI is InChI=1S/C20H21N9O2/c1-10(20(31)29-8-11(21)9-29)25-19(30)12-6-23-18-15(12)26-13(7-24-18)16-17-14(28(2)27-16)4-3-5-22-17/h3-7,10-11H,8-9,21H2,1-2H3,(H,23,24)(H,25,30)/t10-/m1/s1. The van der Waals surface area contributed by atoms with E-state index in [1.54, 1.807) is 28.9 Å². The molecular weight excluding hydrogens is 398 g/mol. The van der Waals surface area contributed by atoms with Crippen LogP contribution in [0.1, 0.15) is 17.3 Å². The van der Waals surface area contributed by atoms with Gasteiger partial charge in [0, 0.05) is 38.6 Å². The van der Waals surface area contributed by atoms with Gasteiger partial charge in [0.15, 0.2) is 5.65 Å². The number of carbonyl (C=O) groups is 2. The molecule has 5 rings (SSSR count). The van der Waals surface area contributed by atoms with E-state index in [4.69, 9.17) is 5.73 Å². The second-order valence-corrected chi connectivity index (χ2v) is 7.70. The lowest BCUT2D eigenvalue weighted by molar-refractivity contribution is -0.137. The number of carbonyl (C=O) groups excluding carboxylic acids is 2. The fourth-order valence-electron chi connectivity index (χ4n) is 3.75. The van der Waals surface area contributed by atoms with Crippen LogP contribution in [0.2, 0.25) is 0 Å². The van der Waals surface area contributed by atoms with E-state index in [0.29, 0.717) is 46.7 Å². The molecule has 31 heavy (non-hydrogen) atoms. The number of aromatic nitrogens is 6. The average molecular weight is 419 g/mol. The zero-order valence-electron chi connectivity index (χ0n) is 17.0. The van der Waals surface area contributed by atoms with Crippen molar-refractivity contribution < 1.29 is 9.59 Å². The van der Waals surface area contributed by atoms with Crippen molar-refractivity contribution in [3.05, 3.63) is 36.3 Å². The van der Waals surface area contributed by atoms with Gasteiger partial charge in [-0.2, -0.15) is 5.10 Å². The number of nitrogens with one attached hydrogen (secondary N) is 2. The summed E-state index contributed by atoms with van der Waals surface area (Å²) in [5, 5.41) is 7.26. The third-order valence-electron chi connectivity index (χ3n) is 5.42. The van der Waals surface area contributed by atoms with Gasteiger partial charge in [-0.1, -0.05) is 0 Å². The van der Waals surface area contributed by atoms with E-state index in [0.717, 1.165) is 5.52 Å². The number of rotatable bonds is 4. The molecule has 4 aromatic rings. The molecule has 158 valence electrons. The zero-order valence-corrected chi connectivity index (χ0v) is 17.0. The van der Waals surface area contributed by atoms with Gasteiger partial charge in [-0.15, -0.1) is 0 Å². The van der Waals surface area contributed by atoms with Crippen LogP contribution in [0.15, 0.2) is 30.7 Å². The van der Waals surface area contributed by atoms with Gasteiger partial charge < -0.3 is 20.9 Å². The topological polar surface area (TPSA) is 148 Å². The highest BCUT2D eigenvalue weighted by Gasteiger charge is 2.31. The number of hydrogen-bond acceptors (Lipinski definition) is 7. The van der Waals surface area contributed by atoms with E-state index in [1.165, 1.54) is 6.20 Å². The molecule has 2 amide bonds. The summed E-state index contributed by atoms with van der Waals surface area (Å²) in [7, 11) is 1.83. The maximum atomic E-state index is 12.9. The van der Waals surface area contributed by atoms with Crippen LogP contribution in [0.25, 0.3) is 33.6 Å². The van der Waals surface area contributed by atoms with Gasteiger partial charge in [-0.3, -0.25) is 19.3 Å². The molecule has 0 radical (unpaired) electrons. The summed E-state index contributed by atoms with van der Waals surface area (Å²) < 4.78 is 1.73. The highest BCUT2D eigenvalue weighted by Crippen LogP contribution is 2.26. The summed E-state index contributed by atoms with van der Waals surface area (Å²) in [6.07, 6.45) is 4.82. The van der Waals surface area contributed by atoms with Crippen molar-refractivity contribution in [2.24, 2.45) is 12.8 Å². The summed E-state index contributed by atoms with van der Waals surface area (Å²) in [5.74, 6) is -0.569. The maximum Gasteiger partial charge on any atom is 0.255 e. The molecule has 1 fully saturated rings. The largest absolute Gasteiger partial charge is 0.344 e. The Hall–Kier alpha value is -3.86. The Labute approximate surface area is 176 Å². The van der Waals surface area contributed by atoms with E-state index in [1.807, 2.05) is 19.2 Å². The average Bonchev–Trinajstić information content (AvgIpc) is 3.32. The van der Waals surface area contributed by atoms with Gasteiger partial charge in [0.1, 0.15) is 28.5 Å². The van der Waals surface area contributed by atoms with Gasteiger partial charge in [0.25, 0.3) is 5.91 Å². The first kappa shape index (κ1) is 19.1. The summed E-state index contributed by atoms with van der Waals surface area (Å²) in [6.45, 7) is 2.67. The van der Waals surface area contributed by atoms with E-state index < -0.39 is 11.9 Å². The molecule has 0 bridgehead atoms. The molecule has 1 atom stereocenters. The number of likely N-dealkylation sites (tertiary alicyclic amines) is 1. The van der Waals surface area contributed by atoms with Crippen molar-refractivity contribution in [3.8, 4) is 11.4 Å². The number of amides is 2. The molecule has 1 aliphatic rings. The Morgan fingerprint density at radius 1 is 1.29 bits per heavy atom. The maximum absolute atomic E-state index is 12.9. The second kappa shape index (κ2) is 7.13. The third-order valence-corrected chi connectivity index (χ3v) is 5.42. The highest BCUT2D eigenvalue weighted by molar-refractivity contribution is 6.06. The number of hydrogen-bond donors (Lipinski definition) is 3. The number of H-pyrrole nitrogens is 1. The number of pyridine rings is 1. The van der Waals surface area contributed by atoms with Crippen molar-refractivity contribution in [3.63, 3.8) is 0 Å². The Morgan fingerprint density at radius 3 is 2.87 bits per heavy atom. The van der Waals surface area contributed by atoms with Crippen molar-refractivity contribution in [2.75, 3.05) is 13.1 Å². The molecule has 0 saturated carbocycles. The number of nitrogens with two attached hydrogens (primary N) is 1. The number of fused-ring (bicyclic) bond motifs is 2. The van der Waals surface area contributed by atoms with Crippen molar-refractivity contribution >= 4 is 34.0 Å². The van der Waals surface area contributed by atoms with Gasteiger partial charge in [0.2, 0.25) is 5.91 Å². The predicted octanol–water partition coefficient (Wildman–Crippen LogP) is 0.194. The van der Waals surface area contributed by atoms with Crippen LogP contribution in [-0.2, 0) is 11.8 Å². The minimum Gasteiger partial charge on any atom is -0.344 e. The first-order valence-electron chi connectivity index (χ1n) is 9.90. The molecule has 0 aliphatic carbocycles. The normalized spacial score (nSPS) is 15.3. The van der Waals surface area contributed by atoms with Crippen molar-refractivity contribution in [1.29, 1.82) is 0 Å². The number of aryl methyl sites for hydroxylation is 1. The molecule has 0 unspecified atom stereocenters. The Bertz CT molecular complexity index is 1320. The molecular formula is C20H21N9O2. The van der Waals surface area contributed by atoms with Gasteiger partial charge in [0.05, 0.1) is 17.3 Å². The van der Waals surface area contributed by atoms with Gasteiger partial charge in [-0.05, 0) is 19.1 Å². The lowest BCUT2D eigenvalue weighted by Gasteiger charge is -2.38. The lowest BCUT2D eigenvalue weighted by atomic mass is 10.1. The molecule has 4 aromatic heterocycles. The van der Waals surface area contributed by atoms with Crippen LogP contribution < -0.4 is 11.1 Å². The molecule has 1 saturated heterocycles. The van der Waals surface area contributed by atoms with Crippen molar-refractivity contribution in [2.45, 2.75) is 19.0 Å². The van der Waals surface area contributed by atoms with Crippen LogP contribution in [0.5, 0.6) is 0 Å². The number of aromatic amines is 1. The Morgan fingerprint density at radius 2 is 2.10 bits per heavy atom. The molecule has 1 aliphatic heterocycles. The number of nitrogens with zero attached hydrogens (tertiary/aromatic N) is 6. The quantitative estimate of drug-likeness (QED) is 0.428. The Balaban J connectivity index is 1.45. The molecule has 5 heterocycles. The van der Waals surface area contributed by atoms with Gasteiger partial charge >= 0.3 is 0 Å². The smallest absolute Gasteiger partial charge is 0.255 e. The van der Waals surface area contributed by atoms with Crippen LogP contribution in [0.4, 0.5) is 0 Å². The zero-order chi connectivity index (χ0) is 21.7. The van der Waals surface area contributed by atoms with Crippen LogP contribution >= 0.6 is 0 Å². The van der Waals surface area contributed by atoms with Crippen LogP contribution in [0.3, 0.4) is 0 Å². The lowest BCUT2D eigenvalue weighted by Crippen LogP contribution is -2.61. The summed E-state index contributed by atoms with van der Waals surface area (Å²) in [4.78, 5) is 43.3. The van der Waals surface area contributed by atoms with E-state index in [-0.39, 0.29) is 11.9 Å². The Kier molecular flexibility index (Phi) is 4.40. The van der Waals surface area contributed by atoms with E-state index >= 15 is 0 Å². The minimum absolute atomic E-state index is 0.00586. The van der Waals surface area contributed by atoms with Crippen molar-refractivity contribution in [1.82, 2.24) is 39.9 Å². The molecule has 11 heteroatoms.